The number of amides is 2. The first kappa shape index (κ1) is 29.6. The summed E-state index contributed by atoms with van der Waals surface area (Å²) in [5, 5.41) is 4.86. The van der Waals surface area contributed by atoms with Gasteiger partial charge in [-0.3, -0.25) is 9.59 Å². The number of aryl methyl sites for hydroxylation is 1. The summed E-state index contributed by atoms with van der Waals surface area (Å²) >= 11 is 3.48. The first-order valence-electron chi connectivity index (χ1n) is 12.0. The fourth-order valence-electron chi connectivity index (χ4n) is 4.39. The lowest BCUT2D eigenvalue weighted by Crippen LogP contribution is -2.33. The zero-order chi connectivity index (χ0) is 30.2. The van der Waals surface area contributed by atoms with Crippen molar-refractivity contribution < 1.29 is 31.9 Å². The predicted molar refractivity (Wildman–Crippen MR) is 152 cm³/mol. The fraction of sp³-hybridized carbons (Fsp3) is 0.179. The van der Waals surface area contributed by atoms with Crippen molar-refractivity contribution in [1.29, 1.82) is 0 Å². The smallest absolute Gasteiger partial charge is 0.405 e. The summed E-state index contributed by atoms with van der Waals surface area (Å²) in [4.78, 5) is 28.8. The zero-order valence-electron chi connectivity index (χ0n) is 22.0. The molecule has 0 spiro atoms. The third kappa shape index (κ3) is 5.89. The third-order valence-electron chi connectivity index (χ3n) is 6.25. The van der Waals surface area contributed by atoms with E-state index >= 15 is 4.39 Å². The first-order chi connectivity index (χ1) is 19.2. The van der Waals surface area contributed by atoms with Crippen LogP contribution in [0.4, 0.5) is 29.1 Å². The summed E-state index contributed by atoms with van der Waals surface area (Å²) in [6.07, 6.45) is -3.09. The second kappa shape index (κ2) is 11.2. The highest BCUT2D eigenvalue weighted by atomic mass is 79.9. The Labute approximate surface area is 240 Å². The topological polar surface area (TPSA) is 111 Å². The number of halogens is 5. The van der Waals surface area contributed by atoms with Gasteiger partial charge in [0.1, 0.15) is 23.9 Å². The van der Waals surface area contributed by atoms with Crippen molar-refractivity contribution in [2.45, 2.75) is 13.1 Å². The molecule has 0 bridgehead atoms. The maximum Gasteiger partial charge on any atom is 0.405 e. The number of nitrogens with zero attached hydrogens (tertiary/aromatic N) is 2. The molecular weight excluding hydrogens is 610 g/mol. The lowest BCUT2D eigenvalue weighted by atomic mass is 9.96. The van der Waals surface area contributed by atoms with E-state index in [-0.39, 0.29) is 34.0 Å². The van der Waals surface area contributed by atoms with Gasteiger partial charge in [-0.05, 0) is 58.7 Å². The molecule has 8 nitrogen and oxygen atoms in total. The minimum absolute atomic E-state index is 0.00928. The molecule has 13 heteroatoms. The second-order valence-electron chi connectivity index (χ2n) is 9.14. The van der Waals surface area contributed by atoms with Crippen LogP contribution in [0.25, 0.3) is 33.3 Å². The lowest BCUT2D eigenvalue weighted by molar-refractivity contribution is -0.123. The average molecular weight is 634 g/mol. The molecule has 4 aromatic rings. The van der Waals surface area contributed by atoms with E-state index in [1.807, 2.05) is 5.32 Å². The summed E-state index contributed by atoms with van der Waals surface area (Å²) < 4.78 is 61.3. The van der Waals surface area contributed by atoms with Crippen LogP contribution in [0.2, 0.25) is 0 Å². The Morgan fingerprint density at radius 1 is 1.20 bits per heavy atom. The average Bonchev–Trinajstić information content (AvgIpc) is 3.22. The maximum absolute atomic E-state index is 15.7. The van der Waals surface area contributed by atoms with Crippen LogP contribution in [0.1, 0.15) is 17.3 Å². The molecular formula is C28H24BrF4N5O3. The van der Waals surface area contributed by atoms with Gasteiger partial charge in [0.25, 0.3) is 11.8 Å². The molecule has 0 atom stereocenters. The number of hydrogen-bond acceptors (Lipinski definition) is 5. The molecule has 214 valence electrons. The van der Waals surface area contributed by atoms with E-state index in [1.54, 1.807) is 11.6 Å². The van der Waals surface area contributed by atoms with Crippen molar-refractivity contribution >= 4 is 50.2 Å². The summed E-state index contributed by atoms with van der Waals surface area (Å²) in [5.74, 6) is -1.97. The molecule has 0 aliphatic rings. The number of benzene rings is 2. The zero-order valence-corrected chi connectivity index (χ0v) is 23.6. The van der Waals surface area contributed by atoms with Crippen LogP contribution in [-0.2, 0) is 11.8 Å². The van der Waals surface area contributed by atoms with Crippen LogP contribution in [0.3, 0.4) is 0 Å². The number of aromatic nitrogens is 2. The number of carbonyl (C=O) groups is 2. The molecule has 2 aromatic heterocycles. The summed E-state index contributed by atoms with van der Waals surface area (Å²) in [6, 6.07) is 8.48. The number of methoxy groups -OCH3 is 1. The normalized spacial score (nSPS) is 11.4. The number of nitrogens with one attached hydrogen (secondary N) is 2. The van der Waals surface area contributed by atoms with Gasteiger partial charge in [0, 0.05) is 35.6 Å². The molecule has 4 rings (SSSR count). The molecule has 2 aromatic carbocycles. The lowest BCUT2D eigenvalue weighted by Gasteiger charge is -2.14. The first-order valence-corrected chi connectivity index (χ1v) is 12.7. The number of rotatable bonds is 7. The van der Waals surface area contributed by atoms with Crippen molar-refractivity contribution in [2.24, 2.45) is 7.05 Å². The molecule has 0 saturated carbocycles. The molecule has 0 fully saturated rings. The number of nitrogen functional groups attached to an aromatic ring is 1. The van der Waals surface area contributed by atoms with Gasteiger partial charge in [-0.1, -0.05) is 12.6 Å². The summed E-state index contributed by atoms with van der Waals surface area (Å²) in [6.45, 7) is 3.59. The van der Waals surface area contributed by atoms with Crippen LogP contribution < -0.4 is 21.1 Å². The second-order valence-corrected chi connectivity index (χ2v) is 9.99. The van der Waals surface area contributed by atoms with Crippen molar-refractivity contribution in [3.63, 3.8) is 0 Å². The largest absolute Gasteiger partial charge is 0.496 e. The Hall–Kier alpha value is -4.39. The quantitative estimate of drug-likeness (QED) is 0.166. The van der Waals surface area contributed by atoms with Crippen LogP contribution in [-0.4, -0.2) is 41.2 Å². The van der Waals surface area contributed by atoms with Gasteiger partial charge >= 0.3 is 6.18 Å². The van der Waals surface area contributed by atoms with Crippen molar-refractivity contribution in [3.05, 3.63) is 70.6 Å². The molecule has 0 radical (unpaired) electrons. The van der Waals surface area contributed by atoms with Crippen molar-refractivity contribution in [3.8, 4) is 28.1 Å². The molecule has 0 aliphatic heterocycles. The molecule has 41 heavy (non-hydrogen) atoms. The highest BCUT2D eigenvalue weighted by Crippen LogP contribution is 2.46. The van der Waals surface area contributed by atoms with E-state index in [2.05, 4.69) is 32.8 Å². The highest BCUT2D eigenvalue weighted by Gasteiger charge is 2.29. The van der Waals surface area contributed by atoms with E-state index in [0.717, 1.165) is 0 Å². The SMILES string of the molecule is C=C(C)C(=O)Nc1ccc(-c2c(-c3ccc(C(=O)NCC(F)(F)F)c(OC)c3)c3c(N)ncc(Br)c3n2C)c(F)c1. The number of ether oxygens (including phenoxy) is 1. The van der Waals surface area contributed by atoms with Gasteiger partial charge in [-0.25, -0.2) is 9.37 Å². The fourth-order valence-corrected chi connectivity index (χ4v) is 4.96. The van der Waals surface area contributed by atoms with Gasteiger partial charge in [0.15, 0.2) is 0 Å². The number of hydrogen-bond donors (Lipinski definition) is 3. The van der Waals surface area contributed by atoms with Gasteiger partial charge in [0.05, 0.1) is 33.7 Å². The van der Waals surface area contributed by atoms with Gasteiger partial charge in [-0.15, -0.1) is 0 Å². The third-order valence-corrected chi connectivity index (χ3v) is 6.83. The standard InChI is InChI=1S/C28H24BrF4N5O3/c1-13(2)26(39)37-15-6-8-16(19(30)10-15)23-21(22-24(38(23)3)18(29)11-35-25(22)34)14-5-7-17(20(9-14)41-4)27(40)36-12-28(31,32)33/h5-11H,1,12H2,2-4H3,(H2,34,35)(H,36,40)(H,37,39). The van der Waals surface area contributed by atoms with Gasteiger partial charge < -0.3 is 25.7 Å². The summed E-state index contributed by atoms with van der Waals surface area (Å²) in [7, 11) is 2.98. The van der Waals surface area contributed by atoms with Crippen molar-refractivity contribution in [2.75, 3.05) is 24.7 Å². The van der Waals surface area contributed by atoms with Gasteiger partial charge in [-0.2, -0.15) is 13.2 Å². The van der Waals surface area contributed by atoms with Crippen LogP contribution in [0.5, 0.6) is 5.75 Å². The van der Waals surface area contributed by atoms with E-state index in [0.29, 0.717) is 32.2 Å². The molecule has 0 unspecified atom stereocenters. The maximum atomic E-state index is 15.7. The molecule has 2 heterocycles. The van der Waals surface area contributed by atoms with Crippen LogP contribution in [0.15, 0.2) is 59.2 Å². The minimum Gasteiger partial charge on any atom is -0.496 e. The Kier molecular flexibility index (Phi) is 8.11. The number of alkyl halides is 3. The molecule has 0 aliphatic carbocycles. The van der Waals surface area contributed by atoms with Gasteiger partial charge in [0.2, 0.25) is 0 Å². The predicted octanol–water partition coefficient (Wildman–Crippen LogP) is 6.21. The summed E-state index contributed by atoms with van der Waals surface area (Å²) in [5.41, 5.74) is 8.64. The van der Waals surface area contributed by atoms with E-state index in [9.17, 15) is 22.8 Å². The Bertz CT molecular complexity index is 1720. The Morgan fingerprint density at radius 2 is 1.90 bits per heavy atom. The number of fused-ring (bicyclic) bond motifs is 1. The molecule has 4 N–H and O–H groups in total. The Morgan fingerprint density at radius 3 is 2.51 bits per heavy atom. The highest BCUT2D eigenvalue weighted by molar-refractivity contribution is 9.10. The monoisotopic (exact) mass is 633 g/mol. The van der Waals surface area contributed by atoms with E-state index in [4.69, 9.17) is 10.5 Å². The van der Waals surface area contributed by atoms with E-state index < -0.39 is 30.4 Å². The van der Waals surface area contributed by atoms with E-state index in [1.165, 1.54) is 56.6 Å². The Balaban J connectivity index is 1.93. The van der Waals surface area contributed by atoms with Crippen LogP contribution in [0, 0.1) is 5.82 Å². The van der Waals surface area contributed by atoms with Crippen molar-refractivity contribution in [1.82, 2.24) is 14.9 Å². The minimum atomic E-state index is -4.59. The number of pyridine rings is 1. The number of nitrogens with two attached hydrogens (primary N) is 1. The molecule has 0 saturated heterocycles. The molecule has 2 amide bonds. The number of anilines is 2. The van der Waals surface area contributed by atoms with Crippen LogP contribution >= 0.6 is 15.9 Å². The number of carbonyl (C=O) groups excluding carboxylic acids is 2.